The van der Waals surface area contributed by atoms with Crippen LogP contribution in [0.25, 0.3) is 0 Å². The first-order chi connectivity index (χ1) is 8.54. The summed E-state index contributed by atoms with van der Waals surface area (Å²) in [6.07, 6.45) is 3.94. The van der Waals surface area contributed by atoms with Gasteiger partial charge in [0, 0.05) is 6.54 Å². The molecule has 0 aromatic heterocycles. The molecule has 0 aliphatic heterocycles. The van der Waals surface area contributed by atoms with Crippen molar-refractivity contribution in [1.29, 1.82) is 0 Å². The minimum atomic E-state index is -1.02. The summed E-state index contributed by atoms with van der Waals surface area (Å²) in [6, 6.07) is 3.44. The molecule has 0 saturated heterocycles. The molecule has 0 heterocycles. The van der Waals surface area contributed by atoms with Crippen LogP contribution in [0.3, 0.4) is 0 Å². The predicted molar refractivity (Wildman–Crippen MR) is 66.6 cm³/mol. The summed E-state index contributed by atoms with van der Waals surface area (Å²) >= 11 is 5.51. The van der Waals surface area contributed by atoms with E-state index in [1.54, 1.807) is 0 Å². The molecule has 0 bridgehead atoms. The lowest BCUT2D eigenvalue weighted by molar-refractivity contribution is 0.173. The molecule has 96 valence electrons. The Kier molecular flexibility index (Phi) is 5.43. The molecule has 18 heavy (non-hydrogen) atoms. The fourth-order valence-corrected chi connectivity index (χ4v) is 1.34. The maximum absolute atomic E-state index is 13.1. The fraction of sp³-hybridized carbons (Fsp3) is 0.250. The summed E-state index contributed by atoms with van der Waals surface area (Å²) in [5, 5.41) is 14.5. The fourth-order valence-electron chi connectivity index (χ4n) is 1.22. The molecule has 0 radical (unpaired) electrons. The molecule has 6 heteroatoms. The van der Waals surface area contributed by atoms with Crippen molar-refractivity contribution in [1.82, 2.24) is 10.6 Å². The number of aliphatic hydroxyl groups excluding tert-OH is 1. The van der Waals surface area contributed by atoms with E-state index >= 15 is 0 Å². The lowest BCUT2D eigenvalue weighted by atomic mass is 10.1. The summed E-state index contributed by atoms with van der Waals surface area (Å²) in [4.78, 5) is 11.1. The second kappa shape index (κ2) is 6.84. The minimum Gasteiger partial charge on any atom is -0.387 e. The molecular weight excluding hydrogens is 259 g/mol. The van der Waals surface area contributed by atoms with Crippen molar-refractivity contribution in [2.45, 2.75) is 6.10 Å². The number of carbonyl (C=O) groups excluding carboxylic acids is 1. The van der Waals surface area contributed by atoms with Gasteiger partial charge in [-0.05, 0) is 17.7 Å². The number of amides is 2. The van der Waals surface area contributed by atoms with Crippen LogP contribution in [0.5, 0.6) is 0 Å². The summed E-state index contributed by atoms with van der Waals surface area (Å²) in [5.74, 6) is 1.61. The molecular formula is C12H12ClFN2O2. The van der Waals surface area contributed by atoms with Gasteiger partial charge in [-0.25, -0.2) is 9.18 Å². The Labute approximate surface area is 109 Å². The topological polar surface area (TPSA) is 61.4 Å². The van der Waals surface area contributed by atoms with Crippen LogP contribution in [-0.4, -0.2) is 24.2 Å². The molecule has 0 spiro atoms. The van der Waals surface area contributed by atoms with Gasteiger partial charge in [0.1, 0.15) is 5.82 Å². The molecule has 1 atom stereocenters. The molecule has 0 saturated carbocycles. The van der Waals surface area contributed by atoms with Crippen LogP contribution in [0.4, 0.5) is 9.18 Å². The number of nitrogens with one attached hydrogen (secondary N) is 2. The number of urea groups is 1. The molecule has 1 rings (SSSR count). The lowest BCUT2D eigenvalue weighted by Crippen LogP contribution is -2.37. The molecule has 4 nitrogen and oxygen atoms in total. The van der Waals surface area contributed by atoms with Crippen LogP contribution < -0.4 is 10.6 Å². The van der Waals surface area contributed by atoms with Crippen molar-refractivity contribution in [3.63, 3.8) is 0 Å². The third-order valence-electron chi connectivity index (χ3n) is 2.14. The van der Waals surface area contributed by atoms with Crippen molar-refractivity contribution in [2.24, 2.45) is 0 Å². The normalized spacial score (nSPS) is 11.4. The van der Waals surface area contributed by atoms with Crippen molar-refractivity contribution in [3.05, 3.63) is 34.6 Å². The van der Waals surface area contributed by atoms with E-state index in [0.717, 1.165) is 6.07 Å². The highest BCUT2D eigenvalue weighted by Crippen LogP contribution is 2.19. The molecule has 1 unspecified atom stereocenters. The first kappa shape index (κ1) is 14.3. The Morgan fingerprint density at radius 3 is 2.89 bits per heavy atom. The standard InChI is InChI=1S/C12H12ClFN2O2/c1-2-5-15-12(18)16-7-11(17)8-3-4-9(13)10(14)6-8/h1,3-4,6,11,17H,5,7H2,(H2,15,16,18). The molecule has 1 aromatic carbocycles. The van der Waals surface area contributed by atoms with Gasteiger partial charge in [0.05, 0.1) is 17.7 Å². The van der Waals surface area contributed by atoms with Gasteiger partial charge in [-0.2, -0.15) is 0 Å². The van der Waals surface area contributed by atoms with Gasteiger partial charge in [0.25, 0.3) is 0 Å². The van der Waals surface area contributed by atoms with E-state index in [2.05, 4.69) is 16.6 Å². The van der Waals surface area contributed by atoms with Crippen LogP contribution in [-0.2, 0) is 0 Å². The van der Waals surface area contributed by atoms with E-state index in [1.165, 1.54) is 12.1 Å². The van der Waals surface area contributed by atoms with Crippen molar-refractivity contribution >= 4 is 17.6 Å². The maximum atomic E-state index is 13.1. The molecule has 1 aromatic rings. The SMILES string of the molecule is C#CCNC(=O)NCC(O)c1ccc(Cl)c(F)c1. The van der Waals surface area contributed by atoms with Crippen LogP contribution in [0.15, 0.2) is 18.2 Å². The number of benzene rings is 1. The second-order valence-corrected chi connectivity index (χ2v) is 3.86. The smallest absolute Gasteiger partial charge is 0.315 e. The first-order valence-corrected chi connectivity index (χ1v) is 5.50. The van der Waals surface area contributed by atoms with Gasteiger partial charge in [0.2, 0.25) is 0 Å². The lowest BCUT2D eigenvalue weighted by Gasteiger charge is -2.12. The number of hydrogen-bond acceptors (Lipinski definition) is 2. The van der Waals surface area contributed by atoms with E-state index in [1.807, 2.05) is 0 Å². The van der Waals surface area contributed by atoms with Crippen molar-refractivity contribution < 1.29 is 14.3 Å². The van der Waals surface area contributed by atoms with Crippen molar-refractivity contribution in [3.8, 4) is 12.3 Å². The average Bonchev–Trinajstić information content (AvgIpc) is 2.36. The van der Waals surface area contributed by atoms with Gasteiger partial charge < -0.3 is 15.7 Å². The summed E-state index contributed by atoms with van der Waals surface area (Å²) in [7, 11) is 0. The number of aliphatic hydroxyl groups is 1. The number of rotatable bonds is 4. The minimum absolute atomic E-state index is 0.0225. The van der Waals surface area contributed by atoms with E-state index in [0.29, 0.717) is 5.56 Å². The zero-order chi connectivity index (χ0) is 13.5. The Hall–Kier alpha value is -1.77. The van der Waals surface area contributed by atoms with E-state index in [4.69, 9.17) is 18.0 Å². The van der Waals surface area contributed by atoms with Gasteiger partial charge >= 0.3 is 6.03 Å². The highest BCUT2D eigenvalue weighted by molar-refractivity contribution is 6.30. The number of terminal acetylenes is 1. The van der Waals surface area contributed by atoms with E-state index < -0.39 is 18.0 Å². The van der Waals surface area contributed by atoms with E-state index in [-0.39, 0.29) is 18.1 Å². The Morgan fingerprint density at radius 1 is 1.56 bits per heavy atom. The second-order valence-electron chi connectivity index (χ2n) is 3.46. The number of hydrogen-bond donors (Lipinski definition) is 3. The quantitative estimate of drug-likeness (QED) is 0.725. The molecule has 0 aliphatic carbocycles. The predicted octanol–water partition coefficient (Wildman–Crippen LogP) is 1.44. The first-order valence-electron chi connectivity index (χ1n) is 5.12. The summed E-state index contributed by atoms with van der Waals surface area (Å²) in [6.45, 7) is 0.0367. The highest BCUT2D eigenvalue weighted by atomic mass is 35.5. The zero-order valence-electron chi connectivity index (χ0n) is 9.41. The Balaban J connectivity index is 2.50. The van der Waals surface area contributed by atoms with Crippen LogP contribution in [0.2, 0.25) is 5.02 Å². The number of halogens is 2. The zero-order valence-corrected chi connectivity index (χ0v) is 10.2. The Bertz CT molecular complexity index is 474. The highest BCUT2D eigenvalue weighted by Gasteiger charge is 2.11. The monoisotopic (exact) mass is 270 g/mol. The Morgan fingerprint density at radius 2 is 2.28 bits per heavy atom. The van der Waals surface area contributed by atoms with E-state index in [9.17, 15) is 14.3 Å². The van der Waals surface area contributed by atoms with Gasteiger partial charge in [-0.3, -0.25) is 0 Å². The molecule has 3 N–H and O–H groups in total. The van der Waals surface area contributed by atoms with Crippen LogP contribution in [0.1, 0.15) is 11.7 Å². The molecule has 2 amide bonds. The maximum Gasteiger partial charge on any atom is 0.315 e. The van der Waals surface area contributed by atoms with Gasteiger partial charge in [-0.1, -0.05) is 23.6 Å². The van der Waals surface area contributed by atoms with Crippen molar-refractivity contribution in [2.75, 3.05) is 13.1 Å². The average molecular weight is 271 g/mol. The molecule has 0 fully saturated rings. The third-order valence-corrected chi connectivity index (χ3v) is 2.44. The third kappa shape index (κ3) is 4.24. The van der Waals surface area contributed by atoms with Crippen LogP contribution >= 0.6 is 11.6 Å². The molecule has 0 aliphatic rings. The number of carbonyl (C=O) groups is 1. The van der Waals surface area contributed by atoms with Gasteiger partial charge in [0.15, 0.2) is 0 Å². The van der Waals surface area contributed by atoms with Crippen LogP contribution in [0, 0.1) is 18.2 Å². The summed E-state index contributed by atoms with van der Waals surface area (Å²) < 4.78 is 13.1. The summed E-state index contributed by atoms with van der Waals surface area (Å²) in [5.41, 5.74) is 0.328. The van der Waals surface area contributed by atoms with Gasteiger partial charge in [-0.15, -0.1) is 6.42 Å². The largest absolute Gasteiger partial charge is 0.387 e.